The molecule has 0 aromatic heterocycles. The van der Waals surface area contributed by atoms with E-state index < -0.39 is 0 Å². The number of rotatable bonds is 6. The summed E-state index contributed by atoms with van der Waals surface area (Å²) in [5.74, 6) is 0. The van der Waals surface area contributed by atoms with Gasteiger partial charge in [-0.1, -0.05) is 31.2 Å². The lowest BCUT2D eigenvalue weighted by molar-refractivity contribution is 0.0403. The average Bonchev–Trinajstić information content (AvgIpc) is 2.44. The van der Waals surface area contributed by atoms with Crippen molar-refractivity contribution in [3.8, 4) is 0 Å². The van der Waals surface area contributed by atoms with Gasteiger partial charge < -0.3 is 15.0 Å². The molecule has 1 aromatic rings. The van der Waals surface area contributed by atoms with Crippen LogP contribution in [0.1, 0.15) is 31.1 Å². The van der Waals surface area contributed by atoms with Crippen LogP contribution in [0, 0.1) is 0 Å². The Hall–Kier alpha value is -0.900. The van der Waals surface area contributed by atoms with Gasteiger partial charge in [-0.25, -0.2) is 0 Å². The Morgan fingerprint density at radius 3 is 3.00 bits per heavy atom. The van der Waals surface area contributed by atoms with Gasteiger partial charge in [-0.3, -0.25) is 0 Å². The van der Waals surface area contributed by atoms with Crippen LogP contribution in [-0.2, 0) is 11.2 Å². The first-order valence-corrected chi connectivity index (χ1v) is 7.32. The topological polar surface area (TPSA) is 24.5 Å². The Balaban J connectivity index is 1.87. The van der Waals surface area contributed by atoms with Crippen molar-refractivity contribution in [2.45, 2.75) is 32.4 Å². The molecular formula is C16H26N2O. The molecule has 0 saturated heterocycles. The van der Waals surface area contributed by atoms with E-state index in [1.807, 2.05) is 0 Å². The molecule has 1 aliphatic heterocycles. The molecule has 1 N–H and O–H groups in total. The molecule has 1 heterocycles. The van der Waals surface area contributed by atoms with Crippen molar-refractivity contribution >= 4 is 0 Å². The minimum atomic E-state index is 0.208. The third-order valence-corrected chi connectivity index (χ3v) is 3.87. The van der Waals surface area contributed by atoms with E-state index in [0.717, 1.165) is 32.7 Å². The van der Waals surface area contributed by atoms with Crippen LogP contribution in [-0.4, -0.2) is 44.2 Å². The largest absolute Gasteiger partial charge is 0.372 e. The highest BCUT2D eigenvalue weighted by atomic mass is 16.5. The standard InChI is InChI=1S/C16H26N2O/c1-4-18(3)12-13(2)17-11-16-15-8-6-5-7-14(15)9-10-19-16/h5-8,13,16-17H,4,9-12H2,1-3H3. The van der Waals surface area contributed by atoms with E-state index in [2.05, 4.69) is 55.4 Å². The van der Waals surface area contributed by atoms with Crippen molar-refractivity contribution in [1.82, 2.24) is 10.2 Å². The summed E-state index contributed by atoms with van der Waals surface area (Å²) in [4.78, 5) is 2.33. The van der Waals surface area contributed by atoms with Gasteiger partial charge in [0, 0.05) is 19.1 Å². The van der Waals surface area contributed by atoms with Crippen molar-refractivity contribution in [2.75, 3.05) is 33.3 Å². The second kappa shape index (κ2) is 7.04. The number of fused-ring (bicyclic) bond motifs is 1. The SMILES string of the molecule is CCN(C)CC(C)NCC1OCCc2ccccc21. The van der Waals surface area contributed by atoms with E-state index in [1.54, 1.807) is 0 Å². The number of hydrogen-bond acceptors (Lipinski definition) is 3. The van der Waals surface area contributed by atoms with Gasteiger partial charge in [0.15, 0.2) is 0 Å². The third kappa shape index (κ3) is 4.03. The third-order valence-electron chi connectivity index (χ3n) is 3.87. The molecule has 0 aliphatic carbocycles. The van der Waals surface area contributed by atoms with E-state index in [9.17, 15) is 0 Å². The van der Waals surface area contributed by atoms with Gasteiger partial charge >= 0.3 is 0 Å². The Morgan fingerprint density at radius 1 is 1.42 bits per heavy atom. The van der Waals surface area contributed by atoms with Gasteiger partial charge in [-0.15, -0.1) is 0 Å². The minimum absolute atomic E-state index is 0.208. The number of nitrogens with zero attached hydrogens (tertiary/aromatic N) is 1. The lowest BCUT2D eigenvalue weighted by atomic mass is 9.97. The fourth-order valence-corrected chi connectivity index (χ4v) is 2.62. The first kappa shape index (κ1) is 14.5. The van der Waals surface area contributed by atoms with Crippen LogP contribution in [0.15, 0.2) is 24.3 Å². The maximum Gasteiger partial charge on any atom is 0.0952 e. The number of likely N-dealkylation sites (N-methyl/N-ethyl adjacent to an activating group) is 1. The molecule has 2 unspecified atom stereocenters. The molecule has 0 spiro atoms. The van der Waals surface area contributed by atoms with Crippen LogP contribution in [0.2, 0.25) is 0 Å². The highest BCUT2D eigenvalue weighted by molar-refractivity contribution is 5.31. The zero-order valence-corrected chi connectivity index (χ0v) is 12.4. The fourth-order valence-electron chi connectivity index (χ4n) is 2.62. The van der Waals surface area contributed by atoms with E-state index in [-0.39, 0.29) is 6.10 Å². The van der Waals surface area contributed by atoms with Crippen molar-refractivity contribution in [3.63, 3.8) is 0 Å². The van der Waals surface area contributed by atoms with E-state index in [0.29, 0.717) is 6.04 Å². The summed E-state index contributed by atoms with van der Waals surface area (Å²) in [6, 6.07) is 9.13. The monoisotopic (exact) mass is 262 g/mol. The van der Waals surface area contributed by atoms with Crippen LogP contribution in [0.25, 0.3) is 0 Å². The lowest BCUT2D eigenvalue weighted by Crippen LogP contribution is -2.40. The Kier molecular flexibility index (Phi) is 5.37. The second-order valence-corrected chi connectivity index (χ2v) is 5.47. The minimum Gasteiger partial charge on any atom is -0.372 e. The smallest absolute Gasteiger partial charge is 0.0952 e. The number of hydrogen-bond donors (Lipinski definition) is 1. The molecule has 3 heteroatoms. The molecule has 0 radical (unpaired) electrons. The van der Waals surface area contributed by atoms with Gasteiger partial charge in [0.05, 0.1) is 12.7 Å². The summed E-state index contributed by atoms with van der Waals surface area (Å²) in [7, 11) is 2.16. The Labute approximate surface area is 116 Å². The number of nitrogens with one attached hydrogen (secondary N) is 1. The Bertz CT molecular complexity index is 394. The molecule has 1 aliphatic rings. The quantitative estimate of drug-likeness (QED) is 0.851. The predicted octanol–water partition coefficient (Wildman–Crippen LogP) is 2.23. The van der Waals surface area contributed by atoms with E-state index in [4.69, 9.17) is 4.74 Å². The summed E-state index contributed by atoms with van der Waals surface area (Å²) < 4.78 is 5.91. The van der Waals surface area contributed by atoms with Gasteiger partial charge in [0.2, 0.25) is 0 Å². The van der Waals surface area contributed by atoms with Crippen LogP contribution >= 0.6 is 0 Å². The normalized spacial score (nSPS) is 20.3. The zero-order valence-electron chi connectivity index (χ0n) is 12.4. The fraction of sp³-hybridized carbons (Fsp3) is 0.625. The maximum atomic E-state index is 5.91. The van der Waals surface area contributed by atoms with Gasteiger partial charge in [-0.05, 0) is 38.1 Å². The molecule has 0 fully saturated rings. The summed E-state index contributed by atoms with van der Waals surface area (Å²) in [6.45, 7) is 8.33. The molecular weight excluding hydrogens is 236 g/mol. The van der Waals surface area contributed by atoms with Gasteiger partial charge in [0.25, 0.3) is 0 Å². The highest BCUT2D eigenvalue weighted by Crippen LogP contribution is 2.26. The van der Waals surface area contributed by atoms with Crippen molar-refractivity contribution in [2.24, 2.45) is 0 Å². The molecule has 19 heavy (non-hydrogen) atoms. The summed E-state index contributed by atoms with van der Waals surface area (Å²) >= 11 is 0. The van der Waals surface area contributed by atoms with Crippen molar-refractivity contribution in [1.29, 1.82) is 0 Å². The zero-order chi connectivity index (χ0) is 13.7. The first-order valence-electron chi connectivity index (χ1n) is 7.32. The molecule has 0 bridgehead atoms. The van der Waals surface area contributed by atoms with E-state index in [1.165, 1.54) is 11.1 Å². The average molecular weight is 262 g/mol. The van der Waals surface area contributed by atoms with Crippen LogP contribution in [0.3, 0.4) is 0 Å². The van der Waals surface area contributed by atoms with E-state index >= 15 is 0 Å². The highest BCUT2D eigenvalue weighted by Gasteiger charge is 2.20. The lowest BCUT2D eigenvalue weighted by Gasteiger charge is -2.28. The molecule has 106 valence electrons. The second-order valence-electron chi connectivity index (χ2n) is 5.47. The number of ether oxygens (including phenoxy) is 1. The maximum absolute atomic E-state index is 5.91. The molecule has 2 rings (SSSR count). The van der Waals surface area contributed by atoms with Crippen LogP contribution in [0.5, 0.6) is 0 Å². The summed E-state index contributed by atoms with van der Waals surface area (Å²) in [6.07, 6.45) is 1.25. The molecule has 0 saturated carbocycles. The van der Waals surface area contributed by atoms with Crippen molar-refractivity contribution in [3.05, 3.63) is 35.4 Å². The number of benzene rings is 1. The predicted molar refractivity (Wildman–Crippen MR) is 79.5 cm³/mol. The molecule has 2 atom stereocenters. The summed E-state index contributed by atoms with van der Waals surface area (Å²) in [5.41, 5.74) is 2.80. The van der Waals surface area contributed by atoms with Gasteiger partial charge in [-0.2, -0.15) is 0 Å². The Morgan fingerprint density at radius 2 is 2.21 bits per heavy atom. The molecule has 1 aromatic carbocycles. The van der Waals surface area contributed by atoms with Crippen LogP contribution in [0.4, 0.5) is 0 Å². The molecule has 0 amide bonds. The summed E-state index contributed by atoms with van der Waals surface area (Å²) in [5, 5.41) is 3.59. The van der Waals surface area contributed by atoms with Crippen LogP contribution < -0.4 is 5.32 Å². The first-order chi connectivity index (χ1) is 9.20. The van der Waals surface area contributed by atoms with Gasteiger partial charge in [0.1, 0.15) is 0 Å². The van der Waals surface area contributed by atoms with Crippen molar-refractivity contribution < 1.29 is 4.74 Å². The molecule has 3 nitrogen and oxygen atoms in total.